The minimum Gasteiger partial charge on any atom is -0.423 e. The first kappa shape index (κ1) is 15.7. The van der Waals surface area contributed by atoms with Crippen LogP contribution in [0.15, 0.2) is 68.7 Å². The van der Waals surface area contributed by atoms with Gasteiger partial charge in [0.15, 0.2) is 0 Å². The first-order valence-electron chi connectivity index (χ1n) is 6.72. The molecular weight excluding hydrogens is 338 g/mol. The number of rotatable bonds is 4. The summed E-state index contributed by atoms with van der Waals surface area (Å²) in [7, 11) is -3.67. The summed E-state index contributed by atoms with van der Waals surface area (Å²) in [6.07, 6.45) is 0. The highest BCUT2D eigenvalue weighted by Crippen LogP contribution is 2.18. The summed E-state index contributed by atoms with van der Waals surface area (Å²) in [5, 5.41) is 1.13. The van der Waals surface area contributed by atoms with Gasteiger partial charge in [-0.25, -0.2) is 17.9 Å². The summed E-state index contributed by atoms with van der Waals surface area (Å²) < 4.78 is 32.2. The first-order chi connectivity index (χ1) is 10.9. The SMILES string of the molecule is O=c1ccc2cc(S(=O)(=O)NCc3ccc(Cl)cc3)ccc2o1. The summed E-state index contributed by atoms with van der Waals surface area (Å²) in [4.78, 5) is 11.2. The van der Waals surface area contributed by atoms with Crippen molar-refractivity contribution in [2.45, 2.75) is 11.4 Å². The van der Waals surface area contributed by atoms with Gasteiger partial charge in [-0.3, -0.25) is 0 Å². The van der Waals surface area contributed by atoms with Gasteiger partial charge in [0.2, 0.25) is 10.0 Å². The van der Waals surface area contributed by atoms with Crippen LogP contribution < -0.4 is 10.3 Å². The maximum atomic E-state index is 12.4. The van der Waals surface area contributed by atoms with Gasteiger partial charge in [0.05, 0.1) is 4.90 Å². The second-order valence-corrected chi connectivity index (χ2v) is 7.11. The average Bonchev–Trinajstić information content (AvgIpc) is 2.54. The number of halogens is 1. The molecule has 3 aromatic rings. The third-order valence-electron chi connectivity index (χ3n) is 3.28. The molecule has 0 aliphatic heterocycles. The molecule has 0 aliphatic carbocycles. The van der Waals surface area contributed by atoms with Gasteiger partial charge in [0, 0.05) is 23.0 Å². The molecule has 0 atom stereocenters. The number of sulfonamides is 1. The minimum absolute atomic E-state index is 0.104. The highest BCUT2D eigenvalue weighted by Gasteiger charge is 2.14. The lowest BCUT2D eigenvalue weighted by atomic mass is 10.2. The molecule has 0 spiro atoms. The van der Waals surface area contributed by atoms with Crippen molar-refractivity contribution in [2.75, 3.05) is 0 Å². The Kier molecular flexibility index (Phi) is 4.21. The Morgan fingerprint density at radius 2 is 1.74 bits per heavy atom. The second-order valence-electron chi connectivity index (χ2n) is 4.91. The van der Waals surface area contributed by atoms with Crippen LogP contribution >= 0.6 is 11.6 Å². The predicted molar refractivity (Wildman–Crippen MR) is 88.0 cm³/mol. The van der Waals surface area contributed by atoms with Gasteiger partial charge >= 0.3 is 5.63 Å². The van der Waals surface area contributed by atoms with Gasteiger partial charge in [-0.15, -0.1) is 0 Å². The zero-order chi connectivity index (χ0) is 16.4. The molecule has 0 saturated heterocycles. The third kappa shape index (κ3) is 3.61. The fraction of sp³-hybridized carbons (Fsp3) is 0.0625. The van der Waals surface area contributed by atoms with Crippen molar-refractivity contribution in [1.82, 2.24) is 4.72 Å². The standard InChI is InChI=1S/C16H12ClNO4S/c17-13-4-1-11(2-5-13)10-18-23(20,21)14-6-7-15-12(9-14)3-8-16(19)22-15/h1-9,18H,10H2. The molecule has 2 aromatic carbocycles. The van der Waals surface area contributed by atoms with E-state index < -0.39 is 15.6 Å². The van der Waals surface area contributed by atoms with Gasteiger partial charge in [0.1, 0.15) is 5.58 Å². The molecule has 7 heteroatoms. The fourth-order valence-electron chi connectivity index (χ4n) is 2.08. The van der Waals surface area contributed by atoms with Crippen LogP contribution in [0.2, 0.25) is 5.02 Å². The topological polar surface area (TPSA) is 76.4 Å². The molecule has 5 nitrogen and oxygen atoms in total. The van der Waals surface area contributed by atoms with Crippen LogP contribution in [0.4, 0.5) is 0 Å². The molecule has 0 fully saturated rings. The molecule has 0 bridgehead atoms. The Morgan fingerprint density at radius 1 is 1.00 bits per heavy atom. The van der Waals surface area contributed by atoms with Gasteiger partial charge < -0.3 is 4.42 Å². The average molecular weight is 350 g/mol. The monoisotopic (exact) mass is 349 g/mol. The maximum absolute atomic E-state index is 12.4. The molecular formula is C16H12ClNO4S. The van der Waals surface area contributed by atoms with E-state index in [0.717, 1.165) is 5.56 Å². The van der Waals surface area contributed by atoms with E-state index in [1.54, 1.807) is 24.3 Å². The van der Waals surface area contributed by atoms with Crippen molar-refractivity contribution in [3.05, 3.63) is 75.6 Å². The summed E-state index contributed by atoms with van der Waals surface area (Å²) in [6, 6.07) is 14.0. The Balaban J connectivity index is 1.85. The zero-order valence-electron chi connectivity index (χ0n) is 11.8. The highest BCUT2D eigenvalue weighted by atomic mass is 35.5. The summed E-state index contributed by atoms with van der Waals surface area (Å²) in [5.74, 6) is 0. The molecule has 118 valence electrons. The number of hydrogen-bond donors (Lipinski definition) is 1. The second kappa shape index (κ2) is 6.16. The lowest BCUT2D eigenvalue weighted by Crippen LogP contribution is -2.23. The fourth-order valence-corrected chi connectivity index (χ4v) is 3.26. The normalized spacial score (nSPS) is 11.7. The summed E-state index contributed by atoms with van der Waals surface area (Å²) in [5.41, 5.74) is 0.660. The largest absolute Gasteiger partial charge is 0.423 e. The summed E-state index contributed by atoms with van der Waals surface area (Å²) >= 11 is 5.79. The molecule has 0 radical (unpaired) electrons. The van der Waals surface area contributed by atoms with Crippen molar-refractivity contribution < 1.29 is 12.8 Å². The van der Waals surface area contributed by atoms with Crippen LogP contribution in [0.25, 0.3) is 11.0 Å². The van der Waals surface area contributed by atoms with Crippen LogP contribution in [0.1, 0.15) is 5.56 Å². The Labute approximate surface area is 137 Å². The Bertz CT molecular complexity index is 1010. The van der Waals surface area contributed by atoms with E-state index in [-0.39, 0.29) is 11.4 Å². The van der Waals surface area contributed by atoms with Crippen molar-refractivity contribution in [3.63, 3.8) is 0 Å². The third-order valence-corrected chi connectivity index (χ3v) is 4.93. The van der Waals surface area contributed by atoms with Crippen LogP contribution in [0.5, 0.6) is 0 Å². The zero-order valence-corrected chi connectivity index (χ0v) is 13.4. The molecule has 0 saturated carbocycles. The van der Waals surface area contributed by atoms with E-state index in [1.807, 2.05) is 0 Å². The Morgan fingerprint density at radius 3 is 2.48 bits per heavy atom. The van der Waals surface area contributed by atoms with Gasteiger partial charge in [-0.2, -0.15) is 0 Å². The van der Waals surface area contributed by atoms with Crippen molar-refractivity contribution >= 4 is 32.6 Å². The Hall–Kier alpha value is -2.15. The van der Waals surface area contributed by atoms with E-state index >= 15 is 0 Å². The highest BCUT2D eigenvalue weighted by molar-refractivity contribution is 7.89. The maximum Gasteiger partial charge on any atom is 0.336 e. The van der Waals surface area contributed by atoms with Gasteiger partial charge in [-0.05, 0) is 42.0 Å². The van der Waals surface area contributed by atoms with Crippen LogP contribution in [-0.4, -0.2) is 8.42 Å². The van der Waals surface area contributed by atoms with Gasteiger partial charge in [-0.1, -0.05) is 23.7 Å². The molecule has 23 heavy (non-hydrogen) atoms. The number of hydrogen-bond acceptors (Lipinski definition) is 4. The van der Waals surface area contributed by atoms with Crippen molar-refractivity contribution in [2.24, 2.45) is 0 Å². The van der Waals surface area contributed by atoms with Crippen molar-refractivity contribution in [1.29, 1.82) is 0 Å². The molecule has 1 heterocycles. The smallest absolute Gasteiger partial charge is 0.336 e. The minimum atomic E-state index is -3.67. The first-order valence-corrected chi connectivity index (χ1v) is 8.58. The van der Waals surface area contributed by atoms with E-state index in [0.29, 0.717) is 16.0 Å². The van der Waals surface area contributed by atoms with Crippen LogP contribution in [0, 0.1) is 0 Å². The van der Waals surface area contributed by atoms with Gasteiger partial charge in [0.25, 0.3) is 0 Å². The molecule has 3 rings (SSSR count). The lowest BCUT2D eigenvalue weighted by Gasteiger charge is -2.07. The van der Waals surface area contributed by atoms with E-state index in [4.69, 9.17) is 16.0 Å². The molecule has 0 unspecified atom stereocenters. The lowest BCUT2D eigenvalue weighted by molar-refractivity contribution is 0.560. The molecule has 0 amide bonds. The predicted octanol–water partition coefficient (Wildman–Crippen LogP) is 2.92. The summed E-state index contributed by atoms with van der Waals surface area (Å²) in [6.45, 7) is 0.154. The van der Waals surface area contributed by atoms with Crippen LogP contribution in [0.3, 0.4) is 0 Å². The molecule has 1 N–H and O–H groups in total. The molecule has 1 aromatic heterocycles. The number of fused-ring (bicyclic) bond motifs is 1. The van der Waals surface area contributed by atoms with Crippen molar-refractivity contribution in [3.8, 4) is 0 Å². The van der Waals surface area contributed by atoms with E-state index in [2.05, 4.69) is 4.72 Å². The van der Waals surface area contributed by atoms with E-state index in [1.165, 1.54) is 30.3 Å². The molecule has 0 aliphatic rings. The number of nitrogens with one attached hydrogen (secondary N) is 1. The van der Waals surface area contributed by atoms with E-state index in [9.17, 15) is 13.2 Å². The van der Waals surface area contributed by atoms with Crippen LogP contribution in [-0.2, 0) is 16.6 Å². The number of benzene rings is 2. The quantitative estimate of drug-likeness (QED) is 0.735.